The summed E-state index contributed by atoms with van der Waals surface area (Å²) in [4.78, 5) is 39.5. The number of rotatable bonds is 9. The molecule has 162 valence electrons. The molecule has 6 nitrogen and oxygen atoms in total. The Morgan fingerprint density at radius 1 is 1.07 bits per heavy atom. The first-order chi connectivity index (χ1) is 12.6. The largest absolute Gasteiger partial charge is 0.342 e. The zero-order valence-electron chi connectivity index (χ0n) is 19.5. The second-order valence-corrected chi connectivity index (χ2v) is 9.23. The Morgan fingerprint density at radius 2 is 1.54 bits per heavy atom. The van der Waals surface area contributed by atoms with Crippen LogP contribution in [0.4, 0.5) is 0 Å². The molecule has 0 rings (SSSR count). The van der Waals surface area contributed by atoms with Gasteiger partial charge in [-0.3, -0.25) is 14.4 Å². The second kappa shape index (κ2) is 10.2. The average molecular weight is 396 g/mol. The maximum atomic E-state index is 13.4. The van der Waals surface area contributed by atoms with Gasteiger partial charge in [-0.1, -0.05) is 54.5 Å². The van der Waals surface area contributed by atoms with E-state index in [2.05, 4.69) is 5.32 Å². The van der Waals surface area contributed by atoms with Gasteiger partial charge < -0.3 is 16.0 Å². The predicted octanol–water partition coefficient (Wildman–Crippen LogP) is 3.05. The molecule has 2 unspecified atom stereocenters. The van der Waals surface area contributed by atoms with Crippen LogP contribution in [0.5, 0.6) is 0 Å². The summed E-state index contributed by atoms with van der Waals surface area (Å²) in [5.74, 6) is -0.414. The molecule has 0 radical (unpaired) electrons. The van der Waals surface area contributed by atoms with Crippen LogP contribution in [0.15, 0.2) is 11.6 Å². The van der Waals surface area contributed by atoms with E-state index in [-0.39, 0.29) is 29.6 Å². The van der Waals surface area contributed by atoms with Crippen LogP contribution >= 0.6 is 0 Å². The van der Waals surface area contributed by atoms with Crippen LogP contribution in [0.1, 0.15) is 75.2 Å². The minimum absolute atomic E-state index is 0.0222. The number of ketones is 1. The standard InChI is InChI=1S/C22H41N3O3/c1-11-22(23,12-2)20(28)24-18(21(7,8)9)19(27)25(10)17(14(3)4)13-15(5)16(6)26/h13-14,17-18H,11-12,23H2,1-10H3,(H,24,28)/b15-13+. The summed E-state index contributed by atoms with van der Waals surface area (Å²) < 4.78 is 0. The fourth-order valence-corrected chi connectivity index (χ4v) is 2.97. The van der Waals surface area contributed by atoms with Crippen LogP contribution in [-0.2, 0) is 14.4 Å². The molecule has 2 atom stereocenters. The lowest BCUT2D eigenvalue weighted by Crippen LogP contribution is -2.62. The van der Waals surface area contributed by atoms with Crippen molar-refractivity contribution in [2.24, 2.45) is 17.1 Å². The number of nitrogens with two attached hydrogens (primary N) is 1. The van der Waals surface area contributed by atoms with Crippen molar-refractivity contribution in [3.8, 4) is 0 Å². The van der Waals surface area contributed by atoms with Crippen LogP contribution in [0, 0.1) is 11.3 Å². The van der Waals surface area contributed by atoms with Gasteiger partial charge in [0, 0.05) is 7.05 Å². The number of hydrogen-bond donors (Lipinski definition) is 2. The number of Topliss-reactive ketones (excluding diaryl/α,β-unsaturated/α-hetero) is 1. The second-order valence-electron chi connectivity index (χ2n) is 9.23. The van der Waals surface area contributed by atoms with E-state index in [9.17, 15) is 14.4 Å². The van der Waals surface area contributed by atoms with Gasteiger partial charge in [0.2, 0.25) is 11.8 Å². The van der Waals surface area contributed by atoms with Crippen LogP contribution in [0.3, 0.4) is 0 Å². The monoisotopic (exact) mass is 395 g/mol. The van der Waals surface area contributed by atoms with Gasteiger partial charge in [0.1, 0.15) is 6.04 Å². The molecular formula is C22H41N3O3. The van der Waals surface area contributed by atoms with E-state index >= 15 is 0 Å². The lowest BCUT2D eigenvalue weighted by molar-refractivity contribution is -0.141. The highest BCUT2D eigenvalue weighted by Crippen LogP contribution is 2.25. The Kier molecular flexibility index (Phi) is 9.58. The average Bonchev–Trinajstić information content (AvgIpc) is 2.60. The Hall–Kier alpha value is -1.69. The Labute approximate surface area is 171 Å². The van der Waals surface area contributed by atoms with Gasteiger partial charge in [0.15, 0.2) is 5.78 Å². The quantitative estimate of drug-likeness (QED) is 0.587. The highest BCUT2D eigenvalue weighted by Gasteiger charge is 2.40. The number of hydrogen-bond acceptors (Lipinski definition) is 4. The molecule has 0 saturated heterocycles. The Morgan fingerprint density at radius 3 is 1.86 bits per heavy atom. The van der Waals surface area contributed by atoms with Crippen molar-refractivity contribution in [1.82, 2.24) is 10.2 Å². The first kappa shape index (κ1) is 26.3. The maximum absolute atomic E-state index is 13.4. The molecule has 0 fully saturated rings. The molecule has 0 heterocycles. The summed E-state index contributed by atoms with van der Waals surface area (Å²) in [5, 5.41) is 2.91. The van der Waals surface area contributed by atoms with Crippen molar-refractivity contribution >= 4 is 17.6 Å². The van der Waals surface area contributed by atoms with Gasteiger partial charge in [0.25, 0.3) is 0 Å². The number of carbonyl (C=O) groups is 3. The lowest BCUT2D eigenvalue weighted by atomic mass is 9.83. The topological polar surface area (TPSA) is 92.5 Å². The van der Waals surface area contributed by atoms with Crippen molar-refractivity contribution < 1.29 is 14.4 Å². The fraction of sp³-hybridized carbons (Fsp3) is 0.773. The van der Waals surface area contributed by atoms with Crippen LogP contribution < -0.4 is 11.1 Å². The lowest BCUT2D eigenvalue weighted by Gasteiger charge is -2.39. The molecule has 0 spiro atoms. The van der Waals surface area contributed by atoms with E-state index < -0.39 is 17.0 Å². The number of carbonyl (C=O) groups excluding carboxylic acids is 3. The van der Waals surface area contributed by atoms with Crippen LogP contribution in [0.2, 0.25) is 0 Å². The van der Waals surface area contributed by atoms with Gasteiger partial charge in [-0.25, -0.2) is 0 Å². The molecule has 0 aliphatic heterocycles. The summed E-state index contributed by atoms with van der Waals surface area (Å²) in [7, 11) is 1.72. The van der Waals surface area contributed by atoms with E-state index in [0.29, 0.717) is 18.4 Å². The van der Waals surface area contributed by atoms with Crippen molar-refractivity contribution in [2.75, 3.05) is 7.05 Å². The van der Waals surface area contributed by atoms with Crippen LogP contribution in [0.25, 0.3) is 0 Å². The molecule has 28 heavy (non-hydrogen) atoms. The molecule has 0 aromatic rings. The molecule has 2 amide bonds. The van der Waals surface area contributed by atoms with Crippen molar-refractivity contribution in [3.05, 3.63) is 11.6 Å². The molecule has 0 aliphatic carbocycles. The minimum atomic E-state index is -0.995. The molecule has 0 aromatic heterocycles. The van der Waals surface area contributed by atoms with Crippen molar-refractivity contribution in [1.29, 1.82) is 0 Å². The summed E-state index contributed by atoms with van der Waals surface area (Å²) in [6, 6.07) is -0.976. The van der Waals surface area contributed by atoms with E-state index in [4.69, 9.17) is 5.73 Å². The normalized spacial score (nSPS) is 15.2. The first-order valence-corrected chi connectivity index (χ1v) is 10.2. The third-order valence-electron chi connectivity index (χ3n) is 5.56. The van der Waals surface area contributed by atoms with E-state index in [0.717, 1.165) is 0 Å². The van der Waals surface area contributed by atoms with Gasteiger partial charge in [-0.05, 0) is 43.6 Å². The van der Waals surface area contributed by atoms with Gasteiger partial charge in [-0.2, -0.15) is 0 Å². The highest BCUT2D eigenvalue weighted by molar-refractivity contribution is 5.94. The van der Waals surface area contributed by atoms with E-state index in [1.54, 1.807) is 18.9 Å². The van der Waals surface area contributed by atoms with E-state index in [1.807, 2.05) is 54.5 Å². The molecule has 0 aliphatic rings. The van der Waals surface area contributed by atoms with Gasteiger partial charge in [0.05, 0.1) is 11.6 Å². The summed E-state index contributed by atoms with van der Waals surface area (Å²) >= 11 is 0. The van der Waals surface area contributed by atoms with Crippen LogP contribution in [-0.4, -0.2) is 47.2 Å². The molecule has 0 aromatic carbocycles. The summed E-state index contributed by atoms with van der Waals surface area (Å²) in [6.45, 7) is 16.8. The van der Waals surface area contributed by atoms with Crippen molar-refractivity contribution in [3.63, 3.8) is 0 Å². The number of amides is 2. The Balaban J connectivity index is 5.87. The first-order valence-electron chi connectivity index (χ1n) is 10.2. The summed E-state index contributed by atoms with van der Waals surface area (Å²) in [5.41, 5.74) is 5.36. The zero-order valence-corrected chi connectivity index (χ0v) is 19.5. The summed E-state index contributed by atoms with van der Waals surface area (Å²) in [6.07, 6.45) is 2.81. The molecule has 0 bridgehead atoms. The molecular weight excluding hydrogens is 354 g/mol. The minimum Gasteiger partial charge on any atom is -0.342 e. The third kappa shape index (κ3) is 6.73. The van der Waals surface area contributed by atoms with Gasteiger partial charge >= 0.3 is 0 Å². The third-order valence-corrected chi connectivity index (χ3v) is 5.56. The highest BCUT2D eigenvalue weighted by atomic mass is 16.2. The molecule has 0 saturated carbocycles. The number of nitrogens with zero attached hydrogens (tertiary/aromatic N) is 1. The number of allylic oxidation sites excluding steroid dienone is 1. The predicted molar refractivity (Wildman–Crippen MR) is 115 cm³/mol. The Bertz CT molecular complexity index is 599. The molecule has 3 N–H and O–H groups in total. The van der Waals surface area contributed by atoms with Crippen molar-refractivity contribution in [2.45, 2.75) is 92.8 Å². The number of nitrogens with one attached hydrogen (secondary N) is 1. The smallest absolute Gasteiger partial charge is 0.245 e. The van der Waals surface area contributed by atoms with Gasteiger partial charge in [-0.15, -0.1) is 0 Å². The van der Waals surface area contributed by atoms with E-state index in [1.165, 1.54) is 6.92 Å². The number of likely N-dealkylation sites (N-methyl/N-ethyl adjacent to an activating group) is 1. The maximum Gasteiger partial charge on any atom is 0.245 e. The molecule has 6 heteroatoms. The zero-order chi connectivity index (χ0) is 22.4. The fourth-order valence-electron chi connectivity index (χ4n) is 2.97. The SMILES string of the molecule is CCC(N)(CC)C(=O)NC(C(=O)N(C)C(/C=C(\C)C(C)=O)C(C)C)C(C)(C)C.